The molecule has 0 N–H and O–H groups in total. The zero-order chi connectivity index (χ0) is 11.5. The topological polar surface area (TPSA) is 31.2 Å². The Morgan fingerprint density at radius 2 is 2.25 bits per heavy atom. The SMILES string of the molecule is C#Cc1cn(C(=O)OCC)c2ccccc12. The van der Waals surface area contributed by atoms with E-state index in [9.17, 15) is 4.79 Å². The van der Waals surface area contributed by atoms with Gasteiger partial charge in [0.05, 0.1) is 17.7 Å². The summed E-state index contributed by atoms with van der Waals surface area (Å²) >= 11 is 0. The van der Waals surface area contributed by atoms with Crippen LogP contribution >= 0.6 is 0 Å². The molecule has 2 aromatic rings. The van der Waals surface area contributed by atoms with E-state index < -0.39 is 6.09 Å². The molecule has 0 fully saturated rings. The van der Waals surface area contributed by atoms with Crippen LogP contribution in [0.5, 0.6) is 0 Å². The van der Waals surface area contributed by atoms with Crippen LogP contribution in [-0.4, -0.2) is 17.3 Å². The monoisotopic (exact) mass is 213 g/mol. The highest BCUT2D eigenvalue weighted by atomic mass is 16.5. The molecule has 0 unspecified atom stereocenters. The van der Waals surface area contributed by atoms with Crippen LogP contribution in [0.15, 0.2) is 30.5 Å². The van der Waals surface area contributed by atoms with Gasteiger partial charge in [0, 0.05) is 11.6 Å². The summed E-state index contributed by atoms with van der Waals surface area (Å²) in [4.78, 5) is 11.7. The van der Waals surface area contributed by atoms with Gasteiger partial charge < -0.3 is 4.74 Å². The first-order chi connectivity index (χ1) is 7.77. The molecular weight excluding hydrogens is 202 g/mol. The third kappa shape index (κ3) is 1.55. The lowest BCUT2D eigenvalue weighted by Crippen LogP contribution is -2.11. The summed E-state index contributed by atoms with van der Waals surface area (Å²) in [5, 5.41) is 0.887. The maximum Gasteiger partial charge on any atom is 0.418 e. The lowest BCUT2D eigenvalue weighted by atomic mass is 10.2. The second-order valence-corrected chi connectivity index (χ2v) is 3.27. The number of ether oxygens (including phenoxy) is 1. The molecule has 0 atom stereocenters. The zero-order valence-electron chi connectivity index (χ0n) is 8.93. The first-order valence-electron chi connectivity index (χ1n) is 5.01. The minimum Gasteiger partial charge on any atom is -0.449 e. The number of rotatable bonds is 1. The van der Waals surface area contributed by atoms with Gasteiger partial charge in [0.25, 0.3) is 0 Å². The van der Waals surface area contributed by atoms with Crippen molar-refractivity contribution in [1.82, 2.24) is 4.57 Å². The Kier molecular flexibility index (Phi) is 2.65. The Labute approximate surface area is 93.6 Å². The Balaban J connectivity index is 2.63. The molecular formula is C13H11NO2. The van der Waals surface area contributed by atoms with Gasteiger partial charge in [-0.15, -0.1) is 6.42 Å². The summed E-state index contributed by atoms with van der Waals surface area (Å²) in [7, 11) is 0. The van der Waals surface area contributed by atoms with Crippen molar-refractivity contribution in [3.05, 3.63) is 36.0 Å². The number of nitrogens with zero attached hydrogens (tertiary/aromatic N) is 1. The van der Waals surface area contributed by atoms with Crippen molar-refractivity contribution in [3.8, 4) is 12.3 Å². The molecule has 0 amide bonds. The maximum atomic E-state index is 11.7. The van der Waals surface area contributed by atoms with Crippen LogP contribution in [0.3, 0.4) is 0 Å². The second-order valence-electron chi connectivity index (χ2n) is 3.27. The minimum absolute atomic E-state index is 0.344. The predicted molar refractivity (Wildman–Crippen MR) is 62.3 cm³/mol. The number of benzene rings is 1. The van der Waals surface area contributed by atoms with E-state index in [0.29, 0.717) is 12.2 Å². The minimum atomic E-state index is -0.403. The van der Waals surface area contributed by atoms with E-state index in [1.165, 1.54) is 4.57 Å². The van der Waals surface area contributed by atoms with Crippen molar-refractivity contribution < 1.29 is 9.53 Å². The van der Waals surface area contributed by atoms with Crippen LogP contribution in [0.2, 0.25) is 0 Å². The largest absolute Gasteiger partial charge is 0.449 e. The van der Waals surface area contributed by atoms with E-state index in [1.54, 1.807) is 13.1 Å². The number of fused-ring (bicyclic) bond motifs is 1. The number of terminal acetylenes is 1. The van der Waals surface area contributed by atoms with Crippen LogP contribution in [0.1, 0.15) is 12.5 Å². The summed E-state index contributed by atoms with van der Waals surface area (Å²) in [6.45, 7) is 2.11. The fraction of sp³-hybridized carbons (Fsp3) is 0.154. The Bertz CT molecular complexity index is 575. The molecule has 0 radical (unpaired) electrons. The highest BCUT2D eigenvalue weighted by molar-refractivity contribution is 5.93. The highest BCUT2D eigenvalue weighted by Gasteiger charge is 2.12. The van der Waals surface area contributed by atoms with Gasteiger partial charge in [-0.25, -0.2) is 4.79 Å². The summed E-state index contributed by atoms with van der Waals surface area (Å²) in [6.07, 6.45) is 6.61. The van der Waals surface area contributed by atoms with E-state index in [4.69, 9.17) is 11.2 Å². The molecule has 1 aromatic heterocycles. The average molecular weight is 213 g/mol. The van der Waals surface area contributed by atoms with Crippen molar-refractivity contribution >= 4 is 17.0 Å². The van der Waals surface area contributed by atoms with Crippen LogP contribution in [0.4, 0.5) is 4.79 Å². The Hall–Kier alpha value is -2.21. The van der Waals surface area contributed by atoms with Crippen LogP contribution < -0.4 is 0 Å². The smallest absolute Gasteiger partial charge is 0.418 e. The van der Waals surface area contributed by atoms with Crippen LogP contribution in [-0.2, 0) is 4.74 Å². The number of aromatic nitrogens is 1. The highest BCUT2D eigenvalue weighted by Crippen LogP contribution is 2.20. The zero-order valence-corrected chi connectivity index (χ0v) is 8.93. The van der Waals surface area contributed by atoms with Gasteiger partial charge in [0.1, 0.15) is 0 Å². The molecule has 0 saturated heterocycles. The molecule has 3 nitrogen and oxygen atoms in total. The van der Waals surface area contributed by atoms with E-state index in [2.05, 4.69) is 5.92 Å². The third-order valence-electron chi connectivity index (χ3n) is 2.33. The molecule has 0 aliphatic rings. The fourth-order valence-electron chi connectivity index (χ4n) is 1.64. The second kappa shape index (κ2) is 4.11. The molecule has 0 aliphatic heterocycles. The number of carbonyl (C=O) groups is 1. The number of hydrogen-bond donors (Lipinski definition) is 0. The Morgan fingerprint density at radius 1 is 1.50 bits per heavy atom. The quantitative estimate of drug-likeness (QED) is 0.682. The molecule has 80 valence electrons. The summed E-state index contributed by atoms with van der Waals surface area (Å²) in [5.74, 6) is 2.56. The maximum absolute atomic E-state index is 11.7. The first-order valence-corrected chi connectivity index (χ1v) is 5.01. The Morgan fingerprint density at radius 3 is 2.94 bits per heavy atom. The number of para-hydroxylation sites is 1. The molecule has 1 heterocycles. The van der Waals surface area contributed by atoms with E-state index in [-0.39, 0.29) is 0 Å². The average Bonchev–Trinajstić information content (AvgIpc) is 2.68. The van der Waals surface area contributed by atoms with Crippen molar-refractivity contribution in [2.24, 2.45) is 0 Å². The number of hydrogen-bond acceptors (Lipinski definition) is 2. The van der Waals surface area contributed by atoms with E-state index >= 15 is 0 Å². The van der Waals surface area contributed by atoms with Gasteiger partial charge in [0.15, 0.2) is 0 Å². The van der Waals surface area contributed by atoms with E-state index in [1.807, 2.05) is 24.3 Å². The van der Waals surface area contributed by atoms with Gasteiger partial charge in [0.2, 0.25) is 0 Å². The van der Waals surface area contributed by atoms with E-state index in [0.717, 1.165) is 10.9 Å². The summed E-state index contributed by atoms with van der Waals surface area (Å²) < 4.78 is 6.39. The van der Waals surface area contributed by atoms with Gasteiger partial charge in [-0.3, -0.25) is 4.57 Å². The molecule has 16 heavy (non-hydrogen) atoms. The first kappa shape index (κ1) is 10.3. The van der Waals surface area contributed by atoms with Crippen molar-refractivity contribution in [1.29, 1.82) is 0 Å². The van der Waals surface area contributed by atoms with Gasteiger partial charge in [-0.2, -0.15) is 0 Å². The molecule has 2 rings (SSSR count). The molecule has 0 aliphatic carbocycles. The standard InChI is InChI=1S/C13H11NO2/c1-3-10-9-14(13(15)16-4-2)12-8-6-5-7-11(10)12/h1,5-9H,4H2,2H3. The summed E-state index contributed by atoms with van der Waals surface area (Å²) in [5.41, 5.74) is 1.47. The predicted octanol–water partition coefficient (Wildman–Crippen LogP) is 2.63. The van der Waals surface area contributed by atoms with Crippen LogP contribution in [0.25, 0.3) is 10.9 Å². The number of carbonyl (C=O) groups excluding carboxylic acids is 1. The van der Waals surface area contributed by atoms with Crippen molar-refractivity contribution in [2.75, 3.05) is 6.61 Å². The van der Waals surface area contributed by atoms with Crippen molar-refractivity contribution in [2.45, 2.75) is 6.92 Å². The third-order valence-corrected chi connectivity index (χ3v) is 2.33. The van der Waals surface area contributed by atoms with Crippen molar-refractivity contribution in [3.63, 3.8) is 0 Å². The fourth-order valence-corrected chi connectivity index (χ4v) is 1.64. The van der Waals surface area contributed by atoms with Gasteiger partial charge >= 0.3 is 6.09 Å². The molecule has 1 aromatic carbocycles. The lowest BCUT2D eigenvalue weighted by molar-refractivity contribution is 0.155. The molecule has 0 saturated carbocycles. The molecule has 3 heteroatoms. The normalized spacial score (nSPS) is 10.0. The van der Waals surface area contributed by atoms with Gasteiger partial charge in [-0.1, -0.05) is 24.1 Å². The van der Waals surface area contributed by atoms with Crippen LogP contribution in [0, 0.1) is 12.3 Å². The lowest BCUT2D eigenvalue weighted by Gasteiger charge is -2.02. The molecule has 0 spiro atoms. The molecule has 0 bridgehead atoms. The summed E-state index contributed by atoms with van der Waals surface area (Å²) in [6, 6.07) is 7.48. The van der Waals surface area contributed by atoms with Gasteiger partial charge in [-0.05, 0) is 13.0 Å².